The third-order valence-electron chi connectivity index (χ3n) is 2.51. The molecule has 3 heteroatoms. The molecule has 0 aliphatic carbocycles. The van der Waals surface area contributed by atoms with Gasteiger partial charge in [0, 0.05) is 0 Å². The predicted molar refractivity (Wildman–Crippen MR) is 65.3 cm³/mol. The van der Waals surface area contributed by atoms with E-state index in [1.807, 2.05) is 50.3 Å². The minimum Gasteiger partial charge on any atom is -0.497 e. The Balaban J connectivity index is 1.72. The first kappa shape index (κ1) is 12.1. The van der Waals surface area contributed by atoms with Crippen molar-refractivity contribution < 1.29 is 14.2 Å². The molecule has 1 atom stereocenters. The molecule has 1 fully saturated rings. The largest absolute Gasteiger partial charge is 0.497 e. The van der Waals surface area contributed by atoms with Crippen molar-refractivity contribution in [1.82, 2.24) is 0 Å². The van der Waals surface area contributed by atoms with Crippen molar-refractivity contribution in [1.29, 1.82) is 0 Å². The van der Waals surface area contributed by atoms with E-state index in [0.717, 1.165) is 5.56 Å². The SMILES string of the molecule is CC1(C)OC[C@H](/C=C\OCc2ccccc2)O1. The second-order valence-electron chi connectivity index (χ2n) is 4.49. The average molecular weight is 234 g/mol. The number of ether oxygens (including phenoxy) is 3. The predicted octanol–water partition coefficient (Wildman–Crippen LogP) is 2.87. The van der Waals surface area contributed by atoms with Crippen LogP contribution in [-0.4, -0.2) is 18.5 Å². The van der Waals surface area contributed by atoms with Gasteiger partial charge < -0.3 is 14.2 Å². The van der Waals surface area contributed by atoms with Gasteiger partial charge in [-0.05, 0) is 25.5 Å². The van der Waals surface area contributed by atoms with E-state index in [4.69, 9.17) is 14.2 Å². The lowest BCUT2D eigenvalue weighted by molar-refractivity contribution is -0.133. The van der Waals surface area contributed by atoms with Crippen molar-refractivity contribution in [3.63, 3.8) is 0 Å². The summed E-state index contributed by atoms with van der Waals surface area (Å²) in [6, 6.07) is 10.1. The zero-order valence-corrected chi connectivity index (χ0v) is 10.3. The van der Waals surface area contributed by atoms with Crippen LogP contribution in [0.3, 0.4) is 0 Å². The monoisotopic (exact) mass is 234 g/mol. The first-order chi connectivity index (χ1) is 8.16. The van der Waals surface area contributed by atoms with Crippen molar-refractivity contribution in [3.8, 4) is 0 Å². The summed E-state index contributed by atoms with van der Waals surface area (Å²) < 4.78 is 16.5. The van der Waals surface area contributed by atoms with Crippen LogP contribution in [0, 0.1) is 0 Å². The van der Waals surface area contributed by atoms with Crippen LogP contribution >= 0.6 is 0 Å². The Morgan fingerprint density at radius 1 is 1.35 bits per heavy atom. The fraction of sp³-hybridized carbons (Fsp3) is 0.429. The van der Waals surface area contributed by atoms with Gasteiger partial charge in [-0.2, -0.15) is 0 Å². The Bertz CT molecular complexity index is 370. The van der Waals surface area contributed by atoms with Gasteiger partial charge in [-0.25, -0.2) is 0 Å². The topological polar surface area (TPSA) is 27.7 Å². The lowest BCUT2D eigenvalue weighted by Gasteiger charge is -2.15. The van der Waals surface area contributed by atoms with Gasteiger partial charge in [0.05, 0.1) is 12.9 Å². The van der Waals surface area contributed by atoms with E-state index >= 15 is 0 Å². The maximum Gasteiger partial charge on any atom is 0.163 e. The fourth-order valence-electron chi connectivity index (χ4n) is 1.67. The zero-order valence-electron chi connectivity index (χ0n) is 10.3. The summed E-state index contributed by atoms with van der Waals surface area (Å²) in [7, 11) is 0. The van der Waals surface area contributed by atoms with Crippen LogP contribution < -0.4 is 0 Å². The Labute approximate surface area is 102 Å². The van der Waals surface area contributed by atoms with Crippen molar-refractivity contribution in [2.45, 2.75) is 32.3 Å². The molecule has 0 bridgehead atoms. The van der Waals surface area contributed by atoms with Crippen LogP contribution in [0.15, 0.2) is 42.7 Å². The zero-order chi connectivity index (χ0) is 12.1. The lowest BCUT2D eigenvalue weighted by atomic mass is 10.2. The standard InChI is InChI=1S/C14H18O3/c1-14(2)16-11-13(17-14)8-9-15-10-12-6-4-3-5-7-12/h3-9,13H,10-11H2,1-2H3/b9-8-/t13-/m0/s1. The molecule has 1 heterocycles. The molecule has 92 valence electrons. The summed E-state index contributed by atoms with van der Waals surface area (Å²) in [5.41, 5.74) is 1.15. The minimum absolute atomic E-state index is 0.0132. The van der Waals surface area contributed by atoms with Crippen molar-refractivity contribution in [2.75, 3.05) is 6.61 Å². The van der Waals surface area contributed by atoms with E-state index in [9.17, 15) is 0 Å². The highest BCUT2D eigenvalue weighted by atomic mass is 16.7. The van der Waals surface area contributed by atoms with Gasteiger partial charge in [0.25, 0.3) is 0 Å². The lowest BCUT2D eigenvalue weighted by Crippen LogP contribution is -2.20. The van der Waals surface area contributed by atoms with Gasteiger partial charge in [-0.15, -0.1) is 0 Å². The van der Waals surface area contributed by atoms with Gasteiger partial charge in [0.15, 0.2) is 5.79 Å². The van der Waals surface area contributed by atoms with E-state index < -0.39 is 5.79 Å². The first-order valence-electron chi connectivity index (χ1n) is 5.80. The Morgan fingerprint density at radius 3 is 2.76 bits per heavy atom. The van der Waals surface area contributed by atoms with E-state index in [1.165, 1.54) is 0 Å². The molecule has 0 spiro atoms. The smallest absolute Gasteiger partial charge is 0.163 e. The van der Waals surface area contributed by atoms with E-state index in [2.05, 4.69) is 0 Å². The highest BCUT2D eigenvalue weighted by Crippen LogP contribution is 2.22. The summed E-state index contributed by atoms with van der Waals surface area (Å²) >= 11 is 0. The molecule has 0 amide bonds. The Hall–Kier alpha value is -1.32. The molecule has 1 saturated heterocycles. The summed E-state index contributed by atoms with van der Waals surface area (Å²) in [6.45, 7) is 4.98. The minimum atomic E-state index is -0.478. The number of benzene rings is 1. The van der Waals surface area contributed by atoms with Gasteiger partial charge in [-0.3, -0.25) is 0 Å². The van der Waals surface area contributed by atoms with Crippen LogP contribution in [0.25, 0.3) is 0 Å². The van der Waals surface area contributed by atoms with E-state index in [1.54, 1.807) is 6.26 Å². The molecule has 0 unspecified atom stereocenters. The van der Waals surface area contributed by atoms with Crippen LogP contribution in [0.4, 0.5) is 0 Å². The van der Waals surface area contributed by atoms with Crippen LogP contribution in [-0.2, 0) is 20.8 Å². The van der Waals surface area contributed by atoms with Crippen LogP contribution in [0.2, 0.25) is 0 Å². The highest BCUT2D eigenvalue weighted by molar-refractivity contribution is 5.13. The molecular formula is C14H18O3. The van der Waals surface area contributed by atoms with Gasteiger partial charge >= 0.3 is 0 Å². The first-order valence-corrected chi connectivity index (χ1v) is 5.80. The molecule has 1 aliphatic rings. The van der Waals surface area contributed by atoms with E-state index in [-0.39, 0.29) is 6.10 Å². The quantitative estimate of drug-likeness (QED) is 0.750. The Kier molecular flexibility index (Phi) is 3.82. The number of rotatable bonds is 4. The van der Waals surface area contributed by atoms with Crippen molar-refractivity contribution in [2.24, 2.45) is 0 Å². The third kappa shape index (κ3) is 3.88. The Morgan fingerprint density at radius 2 is 2.12 bits per heavy atom. The summed E-state index contributed by atoms with van der Waals surface area (Å²) in [4.78, 5) is 0. The molecular weight excluding hydrogens is 216 g/mol. The van der Waals surface area contributed by atoms with E-state index in [0.29, 0.717) is 13.2 Å². The molecule has 0 N–H and O–H groups in total. The molecule has 1 aliphatic heterocycles. The fourth-order valence-corrected chi connectivity index (χ4v) is 1.67. The third-order valence-corrected chi connectivity index (χ3v) is 2.51. The maximum absolute atomic E-state index is 5.61. The van der Waals surface area contributed by atoms with Crippen molar-refractivity contribution in [3.05, 3.63) is 48.2 Å². The van der Waals surface area contributed by atoms with Crippen LogP contribution in [0.1, 0.15) is 19.4 Å². The number of hydrogen-bond acceptors (Lipinski definition) is 3. The average Bonchev–Trinajstić information content (AvgIpc) is 2.66. The normalized spacial score (nSPS) is 23.1. The second kappa shape index (κ2) is 5.34. The summed E-state index contributed by atoms with van der Waals surface area (Å²) in [5, 5.41) is 0. The molecule has 2 rings (SSSR count). The van der Waals surface area contributed by atoms with Gasteiger partial charge in [0.2, 0.25) is 0 Å². The highest BCUT2D eigenvalue weighted by Gasteiger charge is 2.30. The molecule has 17 heavy (non-hydrogen) atoms. The molecule has 0 aromatic heterocycles. The van der Waals surface area contributed by atoms with Gasteiger partial charge in [-0.1, -0.05) is 30.3 Å². The molecule has 0 saturated carbocycles. The molecule has 1 aromatic rings. The molecule has 1 aromatic carbocycles. The summed E-state index contributed by atoms with van der Waals surface area (Å²) in [5.74, 6) is -0.478. The second-order valence-corrected chi connectivity index (χ2v) is 4.49. The van der Waals surface area contributed by atoms with Crippen LogP contribution in [0.5, 0.6) is 0 Å². The van der Waals surface area contributed by atoms with Crippen molar-refractivity contribution >= 4 is 0 Å². The molecule has 3 nitrogen and oxygen atoms in total. The van der Waals surface area contributed by atoms with Gasteiger partial charge in [0.1, 0.15) is 12.7 Å². The maximum atomic E-state index is 5.61. The molecule has 0 radical (unpaired) electrons. The summed E-state index contributed by atoms with van der Waals surface area (Å²) in [6.07, 6.45) is 3.56. The number of hydrogen-bond donors (Lipinski definition) is 0.